The van der Waals surface area contributed by atoms with Gasteiger partial charge in [-0.2, -0.15) is 0 Å². The summed E-state index contributed by atoms with van der Waals surface area (Å²) in [4.78, 5) is 4.24. The third-order valence-corrected chi connectivity index (χ3v) is 3.15. The van der Waals surface area contributed by atoms with Gasteiger partial charge in [-0.15, -0.1) is 0 Å². The summed E-state index contributed by atoms with van der Waals surface area (Å²) >= 11 is 0. The molecule has 4 heteroatoms. The van der Waals surface area contributed by atoms with E-state index >= 15 is 0 Å². The van der Waals surface area contributed by atoms with Gasteiger partial charge in [0.15, 0.2) is 0 Å². The van der Waals surface area contributed by atoms with E-state index in [0.29, 0.717) is 12.0 Å². The molecule has 18 heavy (non-hydrogen) atoms. The Morgan fingerprint density at radius 1 is 1.44 bits per heavy atom. The summed E-state index contributed by atoms with van der Waals surface area (Å²) in [6.07, 6.45) is 5.09. The second-order valence-electron chi connectivity index (χ2n) is 4.62. The van der Waals surface area contributed by atoms with Crippen molar-refractivity contribution in [2.45, 2.75) is 25.8 Å². The second-order valence-corrected chi connectivity index (χ2v) is 4.62. The van der Waals surface area contributed by atoms with E-state index < -0.39 is 0 Å². The maximum atomic E-state index is 13.7. The first kappa shape index (κ1) is 12.8. The molecule has 0 aliphatic rings. The van der Waals surface area contributed by atoms with Crippen LogP contribution in [0.3, 0.4) is 0 Å². The summed E-state index contributed by atoms with van der Waals surface area (Å²) in [5, 5.41) is 0. The molecule has 2 rings (SSSR count). The maximum Gasteiger partial charge on any atom is 0.127 e. The smallest absolute Gasteiger partial charge is 0.127 e. The van der Waals surface area contributed by atoms with Gasteiger partial charge in [0.2, 0.25) is 0 Å². The largest absolute Gasteiger partial charge is 0.338 e. The molecule has 0 spiro atoms. The predicted molar refractivity (Wildman–Crippen MR) is 69.6 cm³/mol. The Morgan fingerprint density at radius 3 is 2.89 bits per heavy atom. The molecule has 0 bridgehead atoms. The summed E-state index contributed by atoms with van der Waals surface area (Å²) in [6, 6.07) is 4.76. The number of aromatic nitrogens is 2. The topological polar surface area (TPSA) is 43.8 Å². The van der Waals surface area contributed by atoms with Crippen molar-refractivity contribution in [3.05, 3.63) is 53.4 Å². The van der Waals surface area contributed by atoms with E-state index in [1.165, 1.54) is 6.07 Å². The lowest BCUT2D eigenvalue weighted by molar-refractivity contribution is 0.555. The van der Waals surface area contributed by atoms with Crippen LogP contribution in [0.2, 0.25) is 0 Å². The van der Waals surface area contributed by atoms with E-state index in [0.717, 1.165) is 17.8 Å². The van der Waals surface area contributed by atoms with Gasteiger partial charge in [0.1, 0.15) is 11.6 Å². The number of aryl methyl sites for hydroxylation is 3. The third-order valence-electron chi connectivity index (χ3n) is 3.15. The zero-order chi connectivity index (χ0) is 13.1. The highest BCUT2D eigenvalue weighted by molar-refractivity contribution is 5.26. The Morgan fingerprint density at radius 2 is 2.22 bits per heavy atom. The fraction of sp³-hybridized carbons (Fsp3) is 0.357. The van der Waals surface area contributed by atoms with Gasteiger partial charge in [-0.25, -0.2) is 9.37 Å². The molecule has 0 aliphatic carbocycles. The number of benzene rings is 1. The van der Waals surface area contributed by atoms with Gasteiger partial charge in [0, 0.05) is 37.5 Å². The van der Waals surface area contributed by atoms with Crippen LogP contribution in [0.4, 0.5) is 4.39 Å². The average Bonchev–Trinajstić information content (AvgIpc) is 2.75. The van der Waals surface area contributed by atoms with Gasteiger partial charge in [0.25, 0.3) is 0 Å². The van der Waals surface area contributed by atoms with Crippen molar-refractivity contribution in [1.29, 1.82) is 0 Å². The lowest BCUT2D eigenvalue weighted by Gasteiger charge is -2.13. The van der Waals surface area contributed by atoms with Gasteiger partial charge >= 0.3 is 0 Å². The van der Waals surface area contributed by atoms with Crippen molar-refractivity contribution in [2.75, 3.05) is 0 Å². The first-order chi connectivity index (χ1) is 8.58. The molecule has 0 saturated heterocycles. The van der Waals surface area contributed by atoms with Crippen molar-refractivity contribution in [2.24, 2.45) is 12.8 Å². The Bertz CT molecular complexity index is 534. The highest BCUT2D eigenvalue weighted by Gasteiger charge is 2.12. The lowest BCUT2D eigenvalue weighted by Crippen LogP contribution is -2.14. The summed E-state index contributed by atoms with van der Waals surface area (Å²) in [7, 11) is 1.95. The van der Waals surface area contributed by atoms with Crippen molar-refractivity contribution >= 4 is 0 Å². The normalized spacial score (nSPS) is 12.7. The summed E-state index contributed by atoms with van der Waals surface area (Å²) in [6.45, 7) is 1.94. The molecule has 0 radical (unpaired) electrons. The molecule has 0 aliphatic heterocycles. The summed E-state index contributed by atoms with van der Waals surface area (Å²) < 4.78 is 15.6. The van der Waals surface area contributed by atoms with Crippen molar-refractivity contribution in [1.82, 2.24) is 9.55 Å². The van der Waals surface area contributed by atoms with Gasteiger partial charge in [0.05, 0.1) is 0 Å². The summed E-state index contributed by atoms with van der Waals surface area (Å²) in [5.74, 6) is 0.742. The predicted octanol–water partition coefficient (Wildman–Crippen LogP) is 2.50. The van der Waals surface area contributed by atoms with Gasteiger partial charge in [-0.3, -0.25) is 0 Å². The Kier molecular flexibility index (Phi) is 3.77. The highest BCUT2D eigenvalue weighted by Crippen LogP contribution is 2.20. The standard InChI is InChI=1S/C14H18FN3/c1-10-3-4-12(15)11(9-10)13(16)5-6-14-17-7-8-18(14)2/h3-4,7-9,13H,5-6,16H2,1-2H3. The number of hydrogen-bond donors (Lipinski definition) is 1. The quantitative estimate of drug-likeness (QED) is 0.902. The van der Waals surface area contributed by atoms with Crippen LogP contribution in [0.1, 0.15) is 29.4 Å². The number of nitrogens with two attached hydrogens (primary N) is 1. The van der Waals surface area contributed by atoms with E-state index in [9.17, 15) is 4.39 Å². The van der Waals surface area contributed by atoms with Gasteiger partial charge in [-0.05, 0) is 19.4 Å². The molecule has 1 aromatic heterocycles. The zero-order valence-electron chi connectivity index (χ0n) is 10.7. The summed E-state index contributed by atoms with van der Waals surface area (Å²) in [5.41, 5.74) is 7.67. The minimum absolute atomic E-state index is 0.229. The maximum absolute atomic E-state index is 13.7. The first-order valence-electron chi connectivity index (χ1n) is 6.05. The van der Waals surface area contributed by atoms with E-state index in [2.05, 4.69) is 4.98 Å². The van der Waals surface area contributed by atoms with Crippen molar-refractivity contribution < 1.29 is 4.39 Å². The molecular weight excluding hydrogens is 229 g/mol. The van der Waals surface area contributed by atoms with Crippen LogP contribution in [-0.4, -0.2) is 9.55 Å². The molecule has 2 aromatic rings. The molecule has 1 aromatic carbocycles. The van der Waals surface area contributed by atoms with Crippen molar-refractivity contribution in [3.63, 3.8) is 0 Å². The van der Waals surface area contributed by atoms with E-state index in [-0.39, 0.29) is 11.9 Å². The van der Waals surface area contributed by atoms with Gasteiger partial charge < -0.3 is 10.3 Å². The zero-order valence-corrected chi connectivity index (χ0v) is 10.7. The van der Waals surface area contributed by atoms with Crippen LogP contribution in [0, 0.1) is 12.7 Å². The van der Waals surface area contributed by atoms with Crippen molar-refractivity contribution in [3.8, 4) is 0 Å². The molecule has 0 fully saturated rings. The highest BCUT2D eigenvalue weighted by atomic mass is 19.1. The minimum Gasteiger partial charge on any atom is -0.338 e. The molecule has 1 unspecified atom stereocenters. The number of imidazole rings is 1. The molecule has 2 N–H and O–H groups in total. The number of halogens is 1. The lowest BCUT2D eigenvalue weighted by atomic mass is 10.0. The number of rotatable bonds is 4. The third kappa shape index (κ3) is 2.76. The minimum atomic E-state index is -0.290. The van der Waals surface area contributed by atoms with Gasteiger partial charge in [-0.1, -0.05) is 17.7 Å². The SMILES string of the molecule is Cc1ccc(F)c(C(N)CCc2nccn2C)c1. The molecule has 0 amide bonds. The Balaban J connectivity index is 2.06. The van der Waals surface area contributed by atoms with Crippen LogP contribution >= 0.6 is 0 Å². The second kappa shape index (κ2) is 5.31. The van der Waals surface area contributed by atoms with Crippen LogP contribution in [-0.2, 0) is 13.5 Å². The molecule has 96 valence electrons. The van der Waals surface area contributed by atoms with E-state index in [1.807, 2.05) is 30.8 Å². The van der Waals surface area contributed by atoms with E-state index in [4.69, 9.17) is 5.73 Å². The number of hydrogen-bond acceptors (Lipinski definition) is 2. The van der Waals surface area contributed by atoms with Crippen LogP contribution in [0.5, 0.6) is 0 Å². The van der Waals surface area contributed by atoms with Crippen LogP contribution in [0.15, 0.2) is 30.6 Å². The molecule has 3 nitrogen and oxygen atoms in total. The van der Waals surface area contributed by atoms with Crippen LogP contribution in [0.25, 0.3) is 0 Å². The van der Waals surface area contributed by atoms with E-state index in [1.54, 1.807) is 12.3 Å². The fourth-order valence-corrected chi connectivity index (χ4v) is 2.02. The Labute approximate surface area is 106 Å². The molecule has 1 atom stereocenters. The molecule has 0 saturated carbocycles. The number of nitrogens with zero attached hydrogens (tertiary/aromatic N) is 2. The van der Waals surface area contributed by atoms with Crippen LogP contribution < -0.4 is 5.73 Å². The average molecular weight is 247 g/mol. The fourth-order valence-electron chi connectivity index (χ4n) is 2.02. The molecular formula is C14H18FN3. The monoisotopic (exact) mass is 247 g/mol. The Hall–Kier alpha value is -1.68. The molecule has 1 heterocycles. The first-order valence-corrected chi connectivity index (χ1v) is 6.05.